The molecular weight excluding hydrogens is 454 g/mol. The number of ketones is 1. The van der Waals surface area contributed by atoms with Gasteiger partial charge in [0.15, 0.2) is 0 Å². The van der Waals surface area contributed by atoms with Crippen LogP contribution >= 0.6 is 11.3 Å². The van der Waals surface area contributed by atoms with Gasteiger partial charge in [0.25, 0.3) is 0 Å². The molecule has 2 rings (SSSR count). The first-order chi connectivity index (χ1) is 16.0. The van der Waals surface area contributed by atoms with Crippen LogP contribution in [0.2, 0.25) is 0 Å². The zero-order valence-electron chi connectivity index (χ0n) is 20.9. The minimum atomic E-state index is -1.24. The average molecular weight is 494 g/mol. The summed E-state index contributed by atoms with van der Waals surface area (Å²) in [4.78, 5) is 30.2. The van der Waals surface area contributed by atoms with Gasteiger partial charge in [0, 0.05) is 17.7 Å². The number of ether oxygens (including phenoxy) is 1. The molecule has 0 fully saturated rings. The van der Waals surface area contributed by atoms with Crippen molar-refractivity contribution in [2.24, 2.45) is 17.3 Å². The predicted octanol–water partition coefficient (Wildman–Crippen LogP) is 4.06. The highest BCUT2D eigenvalue weighted by Gasteiger charge is 2.42. The molecule has 0 radical (unpaired) electrons. The monoisotopic (exact) mass is 493 g/mol. The van der Waals surface area contributed by atoms with E-state index in [1.54, 1.807) is 20.8 Å². The van der Waals surface area contributed by atoms with Crippen LogP contribution in [0.1, 0.15) is 77.4 Å². The quantitative estimate of drug-likeness (QED) is 0.429. The number of carbonyl (C=O) groups excluding carboxylic acids is 2. The number of Topliss-reactive ketones (excluding diaryl/α,β-unsaturated/α-hetero) is 1. The number of aliphatic hydroxyl groups is 3. The Labute approximate surface area is 206 Å². The topological polar surface area (TPSA) is 117 Å². The predicted molar refractivity (Wildman–Crippen MR) is 133 cm³/mol. The minimum Gasteiger partial charge on any atom is -0.457 e. The lowest BCUT2D eigenvalue weighted by Crippen LogP contribution is -2.45. The smallest absolute Gasteiger partial charge is 0.309 e. The van der Waals surface area contributed by atoms with Crippen molar-refractivity contribution in [3.63, 3.8) is 0 Å². The molecule has 0 aromatic carbocycles. The number of allylic oxidation sites excluding steroid dienone is 1. The maximum absolute atomic E-state index is 13.1. The lowest BCUT2D eigenvalue weighted by atomic mass is 9.73. The molecule has 0 saturated carbocycles. The van der Waals surface area contributed by atoms with E-state index in [1.807, 2.05) is 37.5 Å². The Kier molecular flexibility index (Phi) is 10.6. The molecule has 7 nitrogen and oxygen atoms in total. The van der Waals surface area contributed by atoms with Crippen molar-refractivity contribution in [3.8, 4) is 0 Å². The van der Waals surface area contributed by atoms with Crippen LogP contribution in [0.4, 0.5) is 0 Å². The zero-order chi connectivity index (χ0) is 25.5. The molecule has 8 heteroatoms. The summed E-state index contributed by atoms with van der Waals surface area (Å²) in [5, 5.41) is 33.2. The molecule has 0 bridgehead atoms. The van der Waals surface area contributed by atoms with E-state index < -0.39 is 35.6 Å². The number of esters is 1. The van der Waals surface area contributed by atoms with Crippen LogP contribution in [-0.4, -0.2) is 50.4 Å². The maximum Gasteiger partial charge on any atom is 0.309 e. The Morgan fingerprint density at radius 2 is 1.97 bits per heavy atom. The largest absolute Gasteiger partial charge is 0.457 e. The van der Waals surface area contributed by atoms with E-state index in [4.69, 9.17) is 4.74 Å². The Bertz CT molecular complexity index is 890. The van der Waals surface area contributed by atoms with Gasteiger partial charge in [-0.2, -0.15) is 0 Å². The van der Waals surface area contributed by atoms with Crippen molar-refractivity contribution in [3.05, 3.63) is 33.8 Å². The Morgan fingerprint density at radius 1 is 1.26 bits per heavy atom. The summed E-state index contributed by atoms with van der Waals surface area (Å²) >= 11 is 1.36. The van der Waals surface area contributed by atoms with E-state index in [2.05, 4.69) is 4.98 Å². The molecule has 5 atom stereocenters. The molecule has 0 spiro atoms. The second kappa shape index (κ2) is 12.7. The van der Waals surface area contributed by atoms with Gasteiger partial charge in [-0.15, -0.1) is 11.3 Å². The lowest BCUT2D eigenvalue weighted by molar-refractivity contribution is -0.154. The molecule has 0 saturated heterocycles. The lowest BCUT2D eigenvalue weighted by Gasteiger charge is -2.34. The standard InChI is InChI=1S/C26H39NO6S/c1-16-10-8-6-7-9-11-20(17(2)12-19-15-34-22(14-28)27-19)33-23(30)13-21(29)26(4,5)25(32)18(3)24(16)31/h7,9,12,15-16,18,20-21,24,28-29,31H,6,8,10-11,13-14H2,1-5H3/b9-7-,17-12+/t16-,18+,20-,21-,24-/m0/s1. The highest BCUT2D eigenvalue weighted by Crippen LogP contribution is 2.32. The molecule has 34 heavy (non-hydrogen) atoms. The Hall–Kier alpha value is -1.87. The number of thiazole rings is 1. The van der Waals surface area contributed by atoms with Gasteiger partial charge in [-0.3, -0.25) is 9.59 Å². The van der Waals surface area contributed by atoms with Gasteiger partial charge < -0.3 is 20.1 Å². The Balaban J connectivity index is 2.27. The van der Waals surface area contributed by atoms with Crippen LogP contribution in [0, 0.1) is 17.3 Å². The van der Waals surface area contributed by atoms with E-state index in [0.717, 1.165) is 24.8 Å². The fourth-order valence-electron chi connectivity index (χ4n) is 4.20. The molecule has 1 aromatic rings. The van der Waals surface area contributed by atoms with Gasteiger partial charge in [-0.1, -0.05) is 39.8 Å². The number of aliphatic hydroxyl groups excluding tert-OH is 3. The minimum absolute atomic E-state index is 0.0574. The van der Waals surface area contributed by atoms with Crippen molar-refractivity contribution in [2.75, 3.05) is 0 Å². The normalized spacial score (nSPS) is 31.2. The SMILES string of the molecule is C/C(=C\c1csc(CO)n1)[C@@H]1C/C=C\CCC[C@H](C)[C@H](O)[C@@H](C)C(=O)C(C)(C)[C@@H](O)CC(=O)O1. The van der Waals surface area contributed by atoms with Gasteiger partial charge in [-0.05, 0) is 43.8 Å². The zero-order valence-corrected chi connectivity index (χ0v) is 21.7. The maximum atomic E-state index is 13.1. The summed E-state index contributed by atoms with van der Waals surface area (Å²) in [5.74, 6) is -1.57. The van der Waals surface area contributed by atoms with Crippen LogP contribution in [0.25, 0.3) is 6.08 Å². The number of carbonyl (C=O) groups is 2. The highest BCUT2D eigenvalue weighted by atomic mass is 32.1. The third kappa shape index (κ3) is 7.57. The average Bonchev–Trinajstić information content (AvgIpc) is 3.25. The van der Waals surface area contributed by atoms with E-state index in [-0.39, 0.29) is 24.7 Å². The first kappa shape index (κ1) is 28.4. The van der Waals surface area contributed by atoms with Crippen LogP contribution in [0.15, 0.2) is 23.1 Å². The number of nitrogens with zero attached hydrogens (tertiary/aromatic N) is 1. The number of hydrogen-bond donors (Lipinski definition) is 3. The van der Waals surface area contributed by atoms with Crippen molar-refractivity contribution in [1.29, 1.82) is 0 Å². The summed E-state index contributed by atoms with van der Waals surface area (Å²) in [7, 11) is 0. The molecule has 1 aliphatic heterocycles. The number of aromatic nitrogens is 1. The third-order valence-corrected chi connectivity index (χ3v) is 7.60. The molecular formula is C26H39NO6S. The van der Waals surface area contributed by atoms with Gasteiger partial charge in [-0.25, -0.2) is 4.98 Å². The Morgan fingerprint density at radius 3 is 2.62 bits per heavy atom. The number of cyclic esters (lactones) is 1. The first-order valence-electron chi connectivity index (χ1n) is 12.0. The first-order valence-corrected chi connectivity index (χ1v) is 12.8. The molecule has 0 aliphatic carbocycles. The molecule has 1 aromatic heterocycles. The molecule has 0 unspecified atom stereocenters. The summed E-state index contributed by atoms with van der Waals surface area (Å²) in [6.07, 6.45) is 5.87. The van der Waals surface area contributed by atoms with Crippen LogP contribution in [0.5, 0.6) is 0 Å². The van der Waals surface area contributed by atoms with Crippen LogP contribution < -0.4 is 0 Å². The molecule has 0 amide bonds. The van der Waals surface area contributed by atoms with Gasteiger partial charge >= 0.3 is 5.97 Å². The summed E-state index contributed by atoms with van der Waals surface area (Å²) in [5.41, 5.74) is 0.272. The molecule has 1 aliphatic rings. The second-order valence-electron chi connectivity index (χ2n) is 9.89. The fraction of sp³-hybridized carbons (Fsp3) is 0.654. The van der Waals surface area contributed by atoms with Gasteiger partial charge in [0.2, 0.25) is 0 Å². The van der Waals surface area contributed by atoms with Crippen molar-refractivity contribution in [2.45, 2.75) is 91.6 Å². The van der Waals surface area contributed by atoms with Crippen LogP contribution in [-0.2, 0) is 20.9 Å². The van der Waals surface area contributed by atoms with Crippen molar-refractivity contribution < 1.29 is 29.6 Å². The number of rotatable bonds is 3. The van der Waals surface area contributed by atoms with E-state index in [9.17, 15) is 24.9 Å². The van der Waals surface area contributed by atoms with E-state index in [0.29, 0.717) is 17.1 Å². The third-order valence-electron chi connectivity index (χ3n) is 6.75. The molecule has 190 valence electrons. The molecule has 3 N–H and O–H groups in total. The van der Waals surface area contributed by atoms with Crippen molar-refractivity contribution in [1.82, 2.24) is 4.98 Å². The second-order valence-corrected chi connectivity index (χ2v) is 10.8. The fourth-order valence-corrected chi connectivity index (χ4v) is 4.81. The molecule has 2 heterocycles. The summed E-state index contributed by atoms with van der Waals surface area (Å²) in [6.45, 7) is 8.57. The van der Waals surface area contributed by atoms with E-state index in [1.165, 1.54) is 11.3 Å². The van der Waals surface area contributed by atoms with Crippen molar-refractivity contribution >= 4 is 29.2 Å². The van der Waals surface area contributed by atoms with Crippen LogP contribution in [0.3, 0.4) is 0 Å². The summed E-state index contributed by atoms with van der Waals surface area (Å²) < 4.78 is 5.73. The van der Waals surface area contributed by atoms with Gasteiger partial charge in [0.05, 0.1) is 36.3 Å². The number of hydrogen-bond acceptors (Lipinski definition) is 8. The summed E-state index contributed by atoms with van der Waals surface area (Å²) in [6, 6.07) is 0. The highest BCUT2D eigenvalue weighted by molar-refractivity contribution is 7.09. The van der Waals surface area contributed by atoms with E-state index >= 15 is 0 Å². The van der Waals surface area contributed by atoms with Gasteiger partial charge in [0.1, 0.15) is 16.9 Å².